The summed E-state index contributed by atoms with van der Waals surface area (Å²) in [5.41, 5.74) is 3.04. The first kappa shape index (κ1) is 21.8. The van der Waals surface area contributed by atoms with Gasteiger partial charge in [0.25, 0.3) is 0 Å². The largest absolute Gasteiger partial charge is 0.431 e. The van der Waals surface area contributed by atoms with Crippen LogP contribution in [0.5, 0.6) is 0 Å². The Bertz CT molecular complexity index is 1610. The van der Waals surface area contributed by atoms with Gasteiger partial charge in [0, 0.05) is 29.8 Å². The molecule has 3 heterocycles. The molecule has 5 aromatic rings. The summed E-state index contributed by atoms with van der Waals surface area (Å²) in [5, 5.41) is 8.05. The van der Waals surface area contributed by atoms with E-state index in [1.165, 1.54) is 18.2 Å². The number of fused-ring (bicyclic) bond motifs is 1. The number of hydrogen-bond acceptors (Lipinski definition) is 5. The molecule has 6 nitrogen and oxygen atoms in total. The van der Waals surface area contributed by atoms with Gasteiger partial charge in [-0.25, -0.2) is 18.7 Å². The molecule has 10 heteroatoms. The lowest BCUT2D eigenvalue weighted by Gasteiger charge is -2.12. The predicted molar refractivity (Wildman–Crippen MR) is 124 cm³/mol. The smallest absolute Gasteiger partial charge is 0.246 e. The molecule has 3 aromatic heterocycles. The number of alkyl halides is 1. The molecular weight excluding hydrogens is 479 g/mol. The van der Waals surface area contributed by atoms with E-state index in [1.54, 1.807) is 30.1 Å². The zero-order valence-electron chi connectivity index (χ0n) is 18.4. The lowest BCUT2D eigenvalue weighted by Crippen LogP contribution is -1.97. The molecule has 0 radical (unpaired) electrons. The Morgan fingerprint density at radius 2 is 1.86 bits per heavy atom. The zero-order valence-corrected chi connectivity index (χ0v) is 19.2. The fourth-order valence-electron chi connectivity index (χ4n) is 4.15. The van der Waals surface area contributed by atoms with Crippen LogP contribution in [0.4, 0.5) is 13.2 Å². The van der Waals surface area contributed by atoms with Crippen LogP contribution in [0.3, 0.4) is 0 Å². The number of pyridine rings is 1. The van der Waals surface area contributed by atoms with Crippen molar-refractivity contribution in [2.45, 2.75) is 24.6 Å². The van der Waals surface area contributed by atoms with Crippen molar-refractivity contribution < 1.29 is 17.6 Å². The van der Waals surface area contributed by atoms with Crippen molar-refractivity contribution in [2.75, 3.05) is 0 Å². The molecule has 0 N–H and O–H groups in total. The fourth-order valence-corrected chi connectivity index (χ4v) is 4.34. The van der Waals surface area contributed by atoms with Crippen LogP contribution in [0.1, 0.15) is 30.0 Å². The van der Waals surface area contributed by atoms with Crippen molar-refractivity contribution in [3.8, 4) is 34.1 Å². The van der Waals surface area contributed by atoms with Gasteiger partial charge in [0.2, 0.25) is 11.7 Å². The van der Waals surface area contributed by atoms with Crippen molar-refractivity contribution in [1.82, 2.24) is 24.7 Å². The van der Waals surface area contributed by atoms with E-state index < -0.39 is 17.5 Å². The highest BCUT2D eigenvalue weighted by molar-refractivity contribution is 6.17. The van der Waals surface area contributed by atoms with Crippen LogP contribution < -0.4 is 0 Å². The van der Waals surface area contributed by atoms with Crippen LogP contribution in [-0.4, -0.2) is 24.7 Å². The van der Waals surface area contributed by atoms with E-state index in [-0.39, 0.29) is 34.4 Å². The van der Waals surface area contributed by atoms with Gasteiger partial charge in [0.15, 0.2) is 17.2 Å². The Labute approximate surface area is 202 Å². The van der Waals surface area contributed by atoms with Crippen molar-refractivity contribution in [3.05, 3.63) is 71.4 Å². The van der Waals surface area contributed by atoms with E-state index in [0.29, 0.717) is 22.6 Å². The van der Waals surface area contributed by atoms with Crippen LogP contribution in [0.15, 0.2) is 47.1 Å². The third-order valence-electron chi connectivity index (χ3n) is 6.09. The number of aromatic nitrogens is 5. The van der Waals surface area contributed by atoms with Gasteiger partial charge < -0.3 is 8.98 Å². The molecule has 2 aromatic carbocycles. The van der Waals surface area contributed by atoms with E-state index in [4.69, 9.17) is 21.0 Å². The van der Waals surface area contributed by atoms with Gasteiger partial charge in [0.1, 0.15) is 23.4 Å². The summed E-state index contributed by atoms with van der Waals surface area (Å²) in [6, 6.07) is 9.50. The number of benzene rings is 2. The van der Waals surface area contributed by atoms with Gasteiger partial charge in [-0.2, -0.15) is 4.39 Å². The molecule has 0 aliphatic heterocycles. The number of halogens is 4. The molecule has 0 saturated heterocycles. The summed E-state index contributed by atoms with van der Waals surface area (Å²) in [6.45, 7) is 0. The number of hydrogen-bond donors (Lipinski definition) is 0. The first-order valence-corrected chi connectivity index (χ1v) is 11.5. The molecule has 176 valence electrons. The molecule has 0 atom stereocenters. The third-order valence-corrected chi connectivity index (χ3v) is 6.38. The molecule has 0 bridgehead atoms. The Hall–Kier alpha value is -3.72. The van der Waals surface area contributed by atoms with Crippen LogP contribution in [0, 0.1) is 17.5 Å². The summed E-state index contributed by atoms with van der Waals surface area (Å²) in [6.07, 6.45) is 3.52. The van der Waals surface area contributed by atoms with Gasteiger partial charge in [0.05, 0.1) is 5.88 Å². The second-order valence-corrected chi connectivity index (χ2v) is 8.83. The van der Waals surface area contributed by atoms with E-state index in [1.807, 2.05) is 6.07 Å². The Balaban J connectivity index is 1.55. The minimum atomic E-state index is -1.14. The van der Waals surface area contributed by atoms with E-state index in [0.717, 1.165) is 24.1 Å². The molecule has 35 heavy (non-hydrogen) atoms. The van der Waals surface area contributed by atoms with E-state index >= 15 is 0 Å². The normalized spacial score (nSPS) is 13.6. The molecule has 0 unspecified atom stereocenters. The van der Waals surface area contributed by atoms with Crippen LogP contribution >= 0.6 is 11.6 Å². The lowest BCUT2D eigenvalue weighted by atomic mass is 9.97. The van der Waals surface area contributed by atoms with Crippen LogP contribution in [0.2, 0.25) is 0 Å². The second-order valence-electron chi connectivity index (χ2n) is 8.56. The quantitative estimate of drug-likeness (QED) is 0.264. The first-order chi connectivity index (χ1) is 16.9. The molecular formula is C25H17ClF3N5O. The average Bonchev–Trinajstić information content (AvgIpc) is 3.49. The van der Waals surface area contributed by atoms with Gasteiger partial charge in [-0.3, -0.25) is 0 Å². The van der Waals surface area contributed by atoms with E-state index in [9.17, 15) is 13.2 Å². The maximum Gasteiger partial charge on any atom is 0.246 e. The molecule has 1 aliphatic carbocycles. The zero-order chi connectivity index (χ0) is 24.3. The summed E-state index contributed by atoms with van der Waals surface area (Å²) in [5.74, 6) is -1.98. The highest BCUT2D eigenvalue weighted by Crippen LogP contribution is 2.42. The maximum absolute atomic E-state index is 14.6. The molecule has 1 saturated carbocycles. The lowest BCUT2D eigenvalue weighted by molar-refractivity contribution is 0.488. The monoisotopic (exact) mass is 495 g/mol. The SMILES string of the molecule is Cn1cnnc1-c1cc(F)ccc1-c1cc(-c2nc3cc(CCl)c(F)c(F)c3o2)nc(C2CC2)c1. The third kappa shape index (κ3) is 3.76. The van der Waals surface area contributed by atoms with Gasteiger partial charge in [-0.05, 0) is 54.3 Å². The maximum atomic E-state index is 14.6. The molecule has 6 rings (SSSR count). The second kappa shape index (κ2) is 8.20. The number of aryl methyl sites for hydroxylation is 1. The minimum Gasteiger partial charge on any atom is -0.431 e. The number of rotatable bonds is 5. The summed E-state index contributed by atoms with van der Waals surface area (Å²) < 4.78 is 50.4. The van der Waals surface area contributed by atoms with Gasteiger partial charge in [-0.1, -0.05) is 6.07 Å². The average molecular weight is 496 g/mol. The minimum absolute atomic E-state index is 0.00322. The van der Waals surface area contributed by atoms with Crippen LogP contribution in [-0.2, 0) is 12.9 Å². The first-order valence-electron chi connectivity index (χ1n) is 10.9. The molecule has 1 fully saturated rings. The number of nitrogens with zero attached hydrogens (tertiary/aromatic N) is 5. The standard InChI is InChI=1S/C25H17ClF3N5O/c1-34-11-30-33-24(34)17-9-15(27)4-5-16(17)13-6-18(12-2-3-12)31-20(7-13)25-32-19-8-14(10-26)21(28)22(29)23(19)35-25/h4-9,11-12H,2-3,10H2,1H3. The van der Waals surface area contributed by atoms with E-state index in [2.05, 4.69) is 15.2 Å². The Morgan fingerprint density at radius 1 is 1.03 bits per heavy atom. The highest BCUT2D eigenvalue weighted by atomic mass is 35.5. The summed E-state index contributed by atoms with van der Waals surface area (Å²) >= 11 is 5.74. The van der Waals surface area contributed by atoms with Gasteiger partial charge >= 0.3 is 0 Å². The van der Waals surface area contributed by atoms with Crippen molar-refractivity contribution in [3.63, 3.8) is 0 Å². The van der Waals surface area contributed by atoms with Crippen molar-refractivity contribution >= 4 is 22.7 Å². The Kier molecular flexibility index (Phi) is 5.10. The predicted octanol–water partition coefficient (Wildman–Crippen LogP) is 6.39. The Morgan fingerprint density at radius 3 is 2.57 bits per heavy atom. The topological polar surface area (TPSA) is 69.6 Å². The molecule has 0 amide bonds. The summed E-state index contributed by atoms with van der Waals surface area (Å²) in [4.78, 5) is 9.07. The van der Waals surface area contributed by atoms with Crippen molar-refractivity contribution in [1.29, 1.82) is 0 Å². The van der Waals surface area contributed by atoms with Crippen molar-refractivity contribution in [2.24, 2.45) is 7.05 Å². The highest BCUT2D eigenvalue weighted by Gasteiger charge is 2.28. The number of oxazole rings is 1. The molecule has 0 spiro atoms. The van der Waals surface area contributed by atoms with Gasteiger partial charge in [-0.15, -0.1) is 21.8 Å². The fraction of sp³-hybridized carbons (Fsp3) is 0.200. The molecule has 1 aliphatic rings. The summed E-state index contributed by atoms with van der Waals surface area (Å²) in [7, 11) is 1.78. The van der Waals surface area contributed by atoms with Crippen LogP contribution in [0.25, 0.3) is 45.2 Å².